The van der Waals surface area contributed by atoms with Crippen LogP contribution < -0.4 is 5.32 Å². The van der Waals surface area contributed by atoms with E-state index < -0.39 is 20.0 Å². The maximum Gasteiger partial charge on any atom is 0.472 e. The van der Waals surface area contributed by atoms with Crippen molar-refractivity contribution in [2.45, 2.75) is 264 Å². The molecule has 2 N–H and O–H groups in total. The SMILES string of the molecule is CC/C=C\C/C=C\C/C=C\C/C=C\C/C=C\C/C=C\CCCCCCC(=O)OC(/C=C\CCCCCCCCCCC)C(COP(=O)(O)OCC[N+](C)(C)C)NC(=O)CCCCCCCCC/C=C\C/C=C\CCCCC. The van der Waals surface area contributed by atoms with Gasteiger partial charge in [0.2, 0.25) is 5.91 Å². The molecular weight excluding hydrogens is 976 g/mol. The summed E-state index contributed by atoms with van der Waals surface area (Å²) in [5.74, 6) is -0.549. The number of phosphoric ester groups is 1. The van der Waals surface area contributed by atoms with E-state index in [1.54, 1.807) is 0 Å². The van der Waals surface area contributed by atoms with Crippen molar-refractivity contribution in [3.05, 3.63) is 109 Å². The fourth-order valence-electron chi connectivity index (χ4n) is 8.38. The molecule has 9 nitrogen and oxygen atoms in total. The van der Waals surface area contributed by atoms with Crippen molar-refractivity contribution in [2.75, 3.05) is 40.9 Å². The molecule has 3 unspecified atom stereocenters. The average Bonchev–Trinajstić information content (AvgIpc) is 3.39. The van der Waals surface area contributed by atoms with E-state index in [0.717, 1.165) is 122 Å². The van der Waals surface area contributed by atoms with Gasteiger partial charge in [-0.25, -0.2) is 4.57 Å². The smallest absolute Gasteiger partial charge is 0.456 e. The van der Waals surface area contributed by atoms with Gasteiger partial charge in [-0.3, -0.25) is 18.6 Å². The van der Waals surface area contributed by atoms with Crippen molar-refractivity contribution in [1.82, 2.24) is 5.32 Å². The van der Waals surface area contributed by atoms with Gasteiger partial charge in [0.05, 0.1) is 33.8 Å². The summed E-state index contributed by atoms with van der Waals surface area (Å²) in [7, 11) is 1.46. The number of quaternary nitrogens is 1. The Balaban J connectivity index is 5.28. The molecular formula is C67H118N2O7P+. The van der Waals surface area contributed by atoms with E-state index in [4.69, 9.17) is 13.8 Å². The van der Waals surface area contributed by atoms with Crippen LogP contribution in [0.2, 0.25) is 0 Å². The minimum Gasteiger partial charge on any atom is -0.456 e. The van der Waals surface area contributed by atoms with Gasteiger partial charge in [0.15, 0.2) is 0 Å². The molecule has 1 amide bonds. The number of phosphoric acid groups is 1. The van der Waals surface area contributed by atoms with Crippen LogP contribution in [0.5, 0.6) is 0 Å². The van der Waals surface area contributed by atoms with Gasteiger partial charge in [0.25, 0.3) is 0 Å². The lowest BCUT2D eigenvalue weighted by molar-refractivity contribution is -0.870. The van der Waals surface area contributed by atoms with Gasteiger partial charge in [-0.05, 0) is 115 Å². The van der Waals surface area contributed by atoms with Crippen LogP contribution in [-0.2, 0) is 27.9 Å². The number of hydrogen-bond donors (Lipinski definition) is 2. The Labute approximate surface area is 474 Å². The Kier molecular flexibility index (Phi) is 53.5. The zero-order valence-electron chi connectivity index (χ0n) is 50.4. The first-order valence-corrected chi connectivity index (χ1v) is 32.7. The second kappa shape index (κ2) is 56.0. The highest BCUT2D eigenvalue weighted by Gasteiger charge is 2.30. The predicted molar refractivity (Wildman–Crippen MR) is 332 cm³/mol. The number of amides is 1. The maximum absolute atomic E-state index is 13.5. The molecule has 0 aliphatic carbocycles. The molecule has 0 aromatic heterocycles. The number of unbranched alkanes of at least 4 members (excludes halogenated alkanes) is 23. The van der Waals surface area contributed by atoms with Crippen LogP contribution in [-0.4, -0.2) is 74.3 Å². The molecule has 0 fully saturated rings. The number of esters is 1. The highest BCUT2D eigenvalue weighted by Crippen LogP contribution is 2.43. The van der Waals surface area contributed by atoms with Crippen molar-refractivity contribution in [1.29, 1.82) is 0 Å². The first-order chi connectivity index (χ1) is 37.4. The molecule has 0 aliphatic rings. The van der Waals surface area contributed by atoms with Crippen LogP contribution in [0.4, 0.5) is 0 Å². The highest BCUT2D eigenvalue weighted by molar-refractivity contribution is 7.47. The molecule has 77 heavy (non-hydrogen) atoms. The molecule has 10 heteroatoms. The zero-order valence-corrected chi connectivity index (χ0v) is 51.3. The normalized spacial score (nSPS) is 14.4. The van der Waals surface area contributed by atoms with Crippen LogP contribution >= 0.6 is 7.82 Å². The first-order valence-electron chi connectivity index (χ1n) is 31.2. The Morgan fingerprint density at radius 2 is 0.831 bits per heavy atom. The molecule has 0 aromatic rings. The van der Waals surface area contributed by atoms with Crippen molar-refractivity contribution < 1.29 is 37.3 Å². The number of nitrogens with zero attached hydrogens (tertiary/aromatic N) is 1. The molecule has 0 heterocycles. The number of carbonyl (C=O) groups is 2. The van der Waals surface area contributed by atoms with Crippen molar-refractivity contribution in [2.24, 2.45) is 0 Å². The number of ether oxygens (including phenoxy) is 1. The molecule has 442 valence electrons. The third kappa shape index (κ3) is 57.2. The predicted octanol–water partition coefficient (Wildman–Crippen LogP) is 19.3. The van der Waals surface area contributed by atoms with Gasteiger partial charge in [-0.2, -0.15) is 0 Å². The van der Waals surface area contributed by atoms with Crippen LogP contribution in [0, 0.1) is 0 Å². The summed E-state index contributed by atoms with van der Waals surface area (Å²) < 4.78 is 30.7. The summed E-state index contributed by atoms with van der Waals surface area (Å²) in [5, 5.41) is 3.04. The number of allylic oxidation sites excluding steroid dienone is 17. The Morgan fingerprint density at radius 3 is 1.27 bits per heavy atom. The standard InChI is InChI=1S/C67H117N2O7P/c1-7-10-13-16-19-22-25-27-29-31-32-33-34-35-36-38-40-42-45-48-51-54-57-60-67(71)76-65(58-55-52-49-46-43-24-21-18-15-12-9-3)64(63-75-77(72,73)74-62-61-69(4,5)6)68-66(70)59-56-53-50-47-44-41-39-37-30-28-26-23-20-17-14-11-8-2/h10,13,19-20,22-23,27-30,32-33,35-36,40,42,55,58,64-65H,7-9,11-12,14-18,21,24-26,31,34,37-39,41,43-54,56-57,59-63H2,1-6H3,(H-,68,70,72,73)/p+1/b13-10-,22-19-,23-20-,29-27-,30-28-,33-32-,36-35-,42-40-,58-55-. The third-order valence-electron chi connectivity index (χ3n) is 13.2. The van der Waals surface area contributed by atoms with Gasteiger partial charge < -0.3 is 19.4 Å². The fraction of sp³-hybridized carbons (Fsp3) is 0.701. The van der Waals surface area contributed by atoms with Crippen LogP contribution in [0.3, 0.4) is 0 Å². The van der Waals surface area contributed by atoms with E-state index in [1.807, 2.05) is 33.3 Å². The highest BCUT2D eigenvalue weighted by atomic mass is 31.2. The largest absolute Gasteiger partial charge is 0.472 e. The Morgan fingerprint density at radius 1 is 0.468 bits per heavy atom. The van der Waals surface area contributed by atoms with Crippen LogP contribution in [0.1, 0.15) is 252 Å². The van der Waals surface area contributed by atoms with Crippen molar-refractivity contribution >= 4 is 19.7 Å². The summed E-state index contributed by atoms with van der Waals surface area (Å²) >= 11 is 0. The second-order valence-corrected chi connectivity index (χ2v) is 23.3. The molecule has 0 spiro atoms. The van der Waals surface area contributed by atoms with Crippen LogP contribution in [0.15, 0.2) is 109 Å². The number of likely N-dealkylation sites (N-methyl/N-ethyl adjacent to an activating group) is 1. The van der Waals surface area contributed by atoms with Gasteiger partial charge in [0.1, 0.15) is 19.3 Å². The number of hydrogen-bond acceptors (Lipinski definition) is 6. The molecule has 0 radical (unpaired) electrons. The van der Waals surface area contributed by atoms with E-state index in [2.05, 4.69) is 123 Å². The monoisotopic (exact) mass is 1090 g/mol. The summed E-state index contributed by atoms with van der Waals surface area (Å²) in [6.07, 6.45) is 76.5. The van der Waals surface area contributed by atoms with E-state index >= 15 is 0 Å². The molecule has 0 aliphatic heterocycles. The van der Waals surface area contributed by atoms with Crippen molar-refractivity contribution in [3.8, 4) is 0 Å². The lowest BCUT2D eigenvalue weighted by Crippen LogP contribution is -2.47. The average molecular weight is 1090 g/mol. The fourth-order valence-corrected chi connectivity index (χ4v) is 9.12. The van der Waals surface area contributed by atoms with Gasteiger partial charge in [0, 0.05) is 12.8 Å². The van der Waals surface area contributed by atoms with E-state index in [-0.39, 0.29) is 31.5 Å². The minimum atomic E-state index is -4.46. The molecule has 0 saturated heterocycles. The number of carbonyl (C=O) groups excluding carboxylic acids is 2. The summed E-state index contributed by atoms with van der Waals surface area (Å²) in [4.78, 5) is 37.7. The Bertz CT molecular complexity index is 1690. The quantitative estimate of drug-likeness (QED) is 0.0205. The second-order valence-electron chi connectivity index (χ2n) is 21.8. The van der Waals surface area contributed by atoms with Gasteiger partial charge in [-0.15, -0.1) is 0 Å². The lowest BCUT2D eigenvalue weighted by atomic mass is 10.1. The number of rotatable bonds is 55. The Hall–Kier alpha value is -3.33. The third-order valence-corrected chi connectivity index (χ3v) is 14.2. The topological polar surface area (TPSA) is 111 Å². The first kappa shape index (κ1) is 73.7. The lowest BCUT2D eigenvalue weighted by Gasteiger charge is -2.27. The molecule has 0 aromatic carbocycles. The molecule has 0 bridgehead atoms. The van der Waals surface area contributed by atoms with Crippen molar-refractivity contribution in [3.63, 3.8) is 0 Å². The zero-order chi connectivity index (χ0) is 56.4. The summed E-state index contributed by atoms with van der Waals surface area (Å²) in [6.45, 7) is 6.83. The van der Waals surface area contributed by atoms with Gasteiger partial charge >= 0.3 is 13.8 Å². The van der Waals surface area contributed by atoms with Crippen LogP contribution in [0.25, 0.3) is 0 Å². The maximum atomic E-state index is 13.5. The van der Waals surface area contributed by atoms with E-state index in [0.29, 0.717) is 23.9 Å². The molecule has 3 atom stereocenters. The summed E-state index contributed by atoms with van der Waals surface area (Å²) in [5.41, 5.74) is 0. The molecule has 0 saturated carbocycles. The molecule has 0 rings (SSSR count). The van der Waals surface area contributed by atoms with Gasteiger partial charge in [-0.1, -0.05) is 233 Å². The van der Waals surface area contributed by atoms with E-state index in [9.17, 15) is 19.0 Å². The number of nitrogens with one attached hydrogen (secondary N) is 1. The minimum absolute atomic E-state index is 0.0287. The van der Waals surface area contributed by atoms with E-state index in [1.165, 1.54) is 89.9 Å². The summed E-state index contributed by atoms with van der Waals surface area (Å²) in [6, 6.07) is -0.870.